The molecule has 14 nitrogen and oxygen atoms in total. The number of para-hydroxylation sites is 1. The Morgan fingerprint density at radius 3 is 2.42 bits per heavy atom. The van der Waals surface area contributed by atoms with Gasteiger partial charge in [0.15, 0.2) is 12.4 Å². The third kappa shape index (κ3) is 9.49. The van der Waals surface area contributed by atoms with Crippen molar-refractivity contribution in [3.8, 4) is 22.8 Å². The molecule has 3 saturated heterocycles. The Morgan fingerprint density at radius 2 is 1.66 bits per heavy atom. The van der Waals surface area contributed by atoms with Crippen molar-refractivity contribution in [3.63, 3.8) is 0 Å². The third-order valence-corrected chi connectivity index (χ3v) is 12.7. The number of rotatable bonds is 15. The van der Waals surface area contributed by atoms with E-state index in [9.17, 15) is 14.7 Å². The molecule has 2 atom stereocenters. The molecule has 2 aromatic heterocycles. The lowest BCUT2D eigenvalue weighted by molar-refractivity contribution is -0.123. The Morgan fingerprint density at radius 1 is 0.898 bits per heavy atom. The van der Waals surface area contributed by atoms with Crippen molar-refractivity contribution in [2.75, 3.05) is 78.7 Å². The number of fused-ring (bicyclic) bond motifs is 3. The number of piperidine rings is 1. The number of alkyl halides is 1. The standard InChI is InChI=1S/C44H55ClN10O4/c45-24-42(58)54-19-7-8-31-22-35(13-14-38(31)54)59-29-41(57)47-17-5-1-2-6-18-52-20-15-30(16-21-52)32-25-48-44(49-26-32)55-33-11-12-34(55)28-53(27-33)39-23-37(50-51-43(39)46)36-9-3-4-10-40(36)56/h3-4,9-10,13-14,22-23,25-26,30,33-34,56H,1-2,5-8,11-12,15-21,24,27-29H2,(H2,46,51)(H,47,57). The number of hydrogen-bond donors (Lipinski definition) is 3. The zero-order chi connectivity index (χ0) is 40.7. The number of piperazine rings is 1. The second-order valence-electron chi connectivity index (χ2n) is 16.3. The molecular formula is C44H55ClN10O4. The van der Waals surface area contributed by atoms with E-state index in [4.69, 9.17) is 32.0 Å². The second kappa shape index (κ2) is 18.8. The fourth-order valence-electron chi connectivity index (χ4n) is 9.29. The summed E-state index contributed by atoms with van der Waals surface area (Å²) in [6.45, 7) is 6.15. The molecule has 0 saturated carbocycles. The fraction of sp³-hybridized carbons (Fsp3) is 0.500. The number of aryl methyl sites for hydroxylation is 1. The molecule has 4 aliphatic rings. The summed E-state index contributed by atoms with van der Waals surface area (Å²) < 4.78 is 5.76. The first-order valence-corrected chi connectivity index (χ1v) is 21.8. The first-order chi connectivity index (χ1) is 28.8. The van der Waals surface area contributed by atoms with Crippen LogP contribution in [0.4, 0.5) is 23.1 Å². The number of ether oxygens (including phenoxy) is 1. The number of amides is 2. The van der Waals surface area contributed by atoms with E-state index in [-0.39, 0.29) is 42.1 Å². The van der Waals surface area contributed by atoms with Crippen molar-refractivity contribution in [2.45, 2.75) is 82.2 Å². The number of aromatic hydroxyl groups is 1. The van der Waals surface area contributed by atoms with E-state index in [1.165, 1.54) is 5.56 Å². The van der Waals surface area contributed by atoms with Gasteiger partial charge in [-0.2, -0.15) is 0 Å². The predicted molar refractivity (Wildman–Crippen MR) is 230 cm³/mol. The molecule has 4 N–H and O–H groups in total. The van der Waals surface area contributed by atoms with Crippen molar-refractivity contribution in [3.05, 3.63) is 72.1 Å². The number of phenols is 1. The molecule has 312 valence electrons. The summed E-state index contributed by atoms with van der Waals surface area (Å²) >= 11 is 5.78. The number of likely N-dealkylation sites (tertiary alicyclic amines) is 1. The highest BCUT2D eigenvalue weighted by atomic mass is 35.5. The van der Waals surface area contributed by atoms with Crippen molar-refractivity contribution >= 4 is 46.6 Å². The van der Waals surface area contributed by atoms with Gasteiger partial charge in [-0.25, -0.2) is 9.97 Å². The average Bonchev–Trinajstić information content (AvgIpc) is 3.53. The van der Waals surface area contributed by atoms with Crippen molar-refractivity contribution in [1.29, 1.82) is 0 Å². The molecule has 4 aromatic rings. The number of carbonyl (C=O) groups excluding carboxylic acids is 2. The molecule has 8 rings (SSSR count). The minimum absolute atomic E-state index is 0.0271. The largest absolute Gasteiger partial charge is 0.507 e. The average molecular weight is 823 g/mol. The minimum atomic E-state index is -0.123. The number of nitrogens with two attached hydrogens (primary N) is 1. The molecule has 0 aliphatic carbocycles. The molecular weight excluding hydrogens is 768 g/mol. The summed E-state index contributed by atoms with van der Waals surface area (Å²) in [4.78, 5) is 43.4. The molecule has 4 aliphatic heterocycles. The van der Waals surface area contributed by atoms with Crippen LogP contribution >= 0.6 is 11.6 Å². The molecule has 3 fully saturated rings. The maximum absolute atomic E-state index is 12.4. The van der Waals surface area contributed by atoms with Crippen LogP contribution in [0.15, 0.2) is 60.9 Å². The smallest absolute Gasteiger partial charge is 0.257 e. The van der Waals surface area contributed by atoms with Crippen molar-refractivity contribution < 1.29 is 19.4 Å². The van der Waals surface area contributed by atoms with Crippen LogP contribution in [0.5, 0.6) is 11.5 Å². The second-order valence-corrected chi connectivity index (χ2v) is 16.5. The van der Waals surface area contributed by atoms with Gasteiger partial charge < -0.3 is 40.5 Å². The van der Waals surface area contributed by atoms with Crippen LogP contribution in [0.25, 0.3) is 11.3 Å². The van der Waals surface area contributed by atoms with E-state index in [0.29, 0.717) is 41.8 Å². The zero-order valence-electron chi connectivity index (χ0n) is 33.6. The Balaban J connectivity index is 0.713. The van der Waals surface area contributed by atoms with Gasteiger partial charge in [0, 0.05) is 61.9 Å². The Labute approximate surface area is 351 Å². The monoisotopic (exact) mass is 822 g/mol. The summed E-state index contributed by atoms with van der Waals surface area (Å²) in [5, 5.41) is 21.9. The maximum atomic E-state index is 12.4. The van der Waals surface area contributed by atoms with E-state index >= 15 is 0 Å². The molecule has 2 bridgehead atoms. The number of hydrogen-bond acceptors (Lipinski definition) is 12. The molecule has 59 heavy (non-hydrogen) atoms. The van der Waals surface area contributed by atoms with E-state index in [1.54, 1.807) is 17.0 Å². The van der Waals surface area contributed by atoms with Crippen LogP contribution in [-0.2, 0) is 16.0 Å². The molecule has 0 spiro atoms. The highest BCUT2D eigenvalue weighted by Gasteiger charge is 2.42. The molecule has 2 amide bonds. The molecule has 2 aromatic carbocycles. The van der Waals surface area contributed by atoms with Gasteiger partial charge in [0.25, 0.3) is 5.91 Å². The van der Waals surface area contributed by atoms with E-state index in [2.05, 4.69) is 42.6 Å². The summed E-state index contributed by atoms with van der Waals surface area (Å²) in [7, 11) is 0. The number of carbonyl (C=O) groups is 2. The number of unbranched alkanes of at least 4 members (excludes halogenated alkanes) is 3. The van der Waals surface area contributed by atoms with Gasteiger partial charge in [0.1, 0.15) is 17.4 Å². The number of nitrogens with one attached hydrogen (secondary N) is 1. The van der Waals surface area contributed by atoms with E-state index in [1.807, 2.05) is 36.4 Å². The van der Waals surface area contributed by atoms with Crippen LogP contribution in [0, 0.1) is 0 Å². The maximum Gasteiger partial charge on any atom is 0.257 e. The lowest BCUT2D eigenvalue weighted by Gasteiger charge is -2.42. The molecule has 15 heteroatoms. The number of aromatic nitrogens is 4. The van der Waals surface area contributed by atoms with Crippen LogP contribution < -0.4 is 30.5 Å². The topological polar surface area (TPSA) is 166 Å². The SMILES string of the molecule is Nc1nnc(-c2ccccc2O)cc1N1CC2CCC(C1)N2c1ncc(C2CCN(CCCCCCNC(=O)COc3ccc4c(c3)CCCN4C(=O)CCl)CC2)cn1. The Bertz CT molecular complexity index is 2070. The molecule has 6 heterocycles. The quantitative estimate of drug-likeness (QED) is 0.102. The first kappa shape index (κ1) is 40.6. The highest BCUT2D eigenvalue weighted by Crippen LogP contribution is 2.38. The van der Waals surface area contributed by atoms with Crippen molar-refractivity contribution in [1.82, 2.24) is 30.4 Å². The van der Waals surface area contributed by atoms with Crippen LogP contribution in [-0.4, -0.2) is 112 Å². The van der Waals surface area contributed by atoms with Gasteiger partial charge in [0.05, 0.1) is 11.4 Å². The highest BCUT2D eigenvalue weighted by molar-refractivity contribution is 6.29. The number of anilines is 4. The number of halogens is 1. The van der Waals surface area contributed by atoms with Crippen LogP contribution in [0.3, 0.4) is 0 Å². The van der Waals surface area contributed by atoms with E-state index in [0.717, 1.165) is 120 Å². The molecule has 2 unspecified atom stereocenters. The normalized spacial score (nSPS) is 19.4. The minimum Gasteiger partial charge on any atom is -0.507 e. The van der Waals surface area contributed by atoms with Crippen LogP contribution in [0.2, 0.25) is 0 Å². The van der Waals surface area contributed by atoms with Gasteiger partial charge >= 0.3 is 0 Å². The van der Waals surface area contributed by atoms with Crippen LogP contribution in [0.1, 0.15) is 74.8 Å². The summed E-state index contributed by atoms with van der Waals surface area (Å²) in [5.41, 5.74) is 11.6. The summed E-state index contributed by atoms with van der Waals surface area (Å²) in [6, 6.07) is 15.3. The lowest BCUT2D eigenvalue weighted by Crippen LogP contribution is -2.54. The predicted octanol–water partition coefficient (Wildman–Crippen LogP) is 5.53. The molecule has 0 radical (unpaired) electrons. The number of nitrogen functional groups attached to an aromatic ring is 1. The number of benzene rings is 2. The van der Waals surface area contributed by atoms with Gasteiger partial charge in [-0.15, -0.1) is 21.8 Å². The fourth-order valence-corrected chi connectivity index (χ4v) is 9.44. The Hall–Kier alpha value is -5.21. The Kier molecular flexibility index (Phi) is 12.9. The number of phenolic OH excluding ortho intramolecular Hbond substituents is 1. The third-order valence-electron chi connectivity index (χ3n) is 12.4. The summed E-state index contributed by atoms with van der Waals surface area (Å²) in [6.07, 6.45) is 14.5. The summed E-state index contributed by atoms with van der Waals surface area (Å²) in [5.74, 6) is 2.23. The van der Waals surface area contributed by atoms with Gasteiger partial charge in [-0.05, 0) is 124 Å². The number of nitrogens with zero attached hydrogens (tertiary/aromatic N) is 8. The van der Waals surface area contributed by atoms with E-state index < -0.39 is 0 Å². The lowest BCUT2D eigenvalue weighted by atomic mass is 9.91. The van der Waals surface area contributed by atoms with Gasteiger partial charge in [0.2, 0.25) is 11.9 Å². The van der Waals surface area contributed by atoms with Crippen molar-refractivity contribution in [2.24, 2.45) is 0 Å². The zero-order valence-corrected chi connectivity index (χ0v) is 34.4. The van der Waals surface area contributed by atoms with Gasteiger partial charge in [-0.3, -0.25) is 9.59 Å². The van der Waals surface area contributed by atoms with Gasteiger partial charge in [-0.1, -0.05) is 25.0 Å². The first-order valence-electron chi connectivity index (χ1n) is 21.2.